The van der Waals surface area contributed by atoms with Crippen molar-refractivity contribution < 1.29 is 12.8 Å². The average Bonchev–Trinajstić information content (AvgIpc) is 2.30. The van der Waals surface area contributed by atoms with Crippen LogP contribution in [0.25, 0.3) is 0 Å². The molecule has 1 rings (SSSR count). The number of nitrogens with two attached hydrogens (primary N) is 1. The largest absolute Gasteiger partial charge is 0.329 e. The third-order valence-electron chi connectivity index (χ3n) is 2.70. The molecule has 0 amide bonds. The zero-order chi connectivity index (χ0) is 13.1. The van der Waals surface area contributed by atoms with Gasteiger partial charge in [-0.3, -0.25) is 0 Å². The molecule has 0 radical (unpaired) electrons. The maximum absolute atomic E-state index is 13.4. The summed E-state index contributed by atoms with van der Waals surface area (Å²) in [5, 5.41) is 0. The lowest BCUT2D eigenvalue weighted by Crippen LogP contribution is -2.40. The Morgan fingerprint density at radius 2 is 1.94 bits per heavy atom. The number of hydrogen-bond acceptors (Lipinski definition) is 3. The molecule has 0 aromatic heterocycles. The average molecular weight is 297 g/mol. The van der Waals surface area contributed by atoms with Crippen molar-refractivity contribution in [3.05, 3.63) is 35.6 Å². The van der Waals surface area contributed by atoms with E-state index in [9.17, 15) is 12.8 Å². The van der Waals surface area contributed by atoms with Gasteiger partial charge >= 0.3 is 0 Å². The highest BCUT2D eigenvalue weighted by molar-refractivity contribution is 7.88. The number of likely N-dealkylation sites (N-methyl/N-ethyl adjacent to an activating group) is 1. The summed E-state index contributed by atoms with van der Waals surface area (Å²) >= 11 is 0. The first-order valence-electron chi connectivity index (χ1n) is 5.27. The lowest BCUT2D eigenvalue weighted by Gasteiger charge is -2.23. The van der Waals surface area contributed by atoms with Crippen LogP contribution in [0.2, 0.25) is 0 Å². The van der Waals surface area contributed by atoms with E-state index in [-0.39, 0.29) is 36.3 Å². The standard InChI is InChI=1S/C11H17FN2O2S.ClH/c1-9(7-13)14(2)17(15,16)8-10-5-3-4-6-11(10)12;/h3-6,9H,7-8,13H2,1-2H3;1H. The van der Waals surface area contributed by atoms with Crippen LogP contribution < -0.4 is 5.73 Å². The molecule has 1 aromatic carbocycles. The van der Waals surface area contributed by atoms with Gasteiger partial charge in [-0.25, -0.2) is 17.1 Å². The third-order valence-corrected chi connectivity index (χ3v) is 4.61. The Morgan fingerprint density at radius 3 is 2.44 bits per heavy atom. The van der Waals surface area contributed by atoms with E-state index < -0.39 is 15.8 Å². The van der Waals surface area contributed by atoms with Crippen LogP contribution >= 0.6 is 12.4 Å². The van der Waals surface area contributed by atoms with Crippen molar-refractivity contribution in [1.82, 2.24) is 4.31 Å². The van der Waals surface area contributed by atoms with Crippen LogP contribution in [0.1, 0.15) is 12.5 Å². The summed E-state index contributed by atoms with van der Waals surface area (Å²) in [6.45, 7) is 1.94. The highest BCUT2D eigenvalue weighted by Gasteiger charge is 2.23. The van der Waals surface area contributed by atoms with Gasteiger partial charge in [-0.2, -0.15) is 0 Å². The fourth-order valence-electron chi connectivity index (χ4n) is 1.34. The summed E-state index contributed by atoms with van der Waals surface area (Å²) in [4.78, 5) is 0. The zero-order valence-corrected chi connectivity index (χ0v) is 12.0. The minimum Gasteiger partial charge on any atom is -0.329 e. The van der Waals surface area contributed by atoms with E-state index in [0.29, 0.717) is 0 Å². The van der Waals surface area contributed by atoms with Gasteiger partial charge in [0.2, 0.25) is 10.0 Å². The van der Waals surface area contributed by atoms with E-state index in [2.05, 4.69) is 0 Å². The zero-order valence-electron chi connectivity index (χ0n) is 10.3. The van der Waals surface area contributed by atoms with Crippen molar-refractivity contribution >= 4 is 22.4 Å². The molecule has 0 fully saturated rings. The number of halogens is 2. The van der Waals surface area contributed by atoms with Gasteiger partial charge in [0.15, 0.2) is 0 Å². The molecule has 4 nitrogen and oxygen atoms in total. The molecule has 0 aliphatic rings. The van der Waals surface area contributed by atoms with Crippen LogP contribution in [0.15, 0.2) is 24.3 Å². The minimum absolute atomic E-state index is 0. The fraction of sp³-hybridized carbons (Fsp3) is 0.455. The molecule has 0 bridgehead atoms. The number of benzene rings is 1. The van der Waals surface area contributed by atoms with Crippen LogP contribution in [0, 0.1) is 5.82 Å². The molecular weight excluding hydrogens is 279 g/mol. The maximum atomic E-state index is 13.4. The van der Waals surface area contributed by atoms with Crippen molar-refractivity contribution in [2.75, 3.05) is 13.6 Å². The molecule has 18 heavy (non-hydrogen) atoms. The van der Waals surface area contributed by atoms with Crippen molar-refractivity contribution in [3.63, 3.8) is 0 Å². The minimum atomic E-state index is -3.53. The lowest BCUT2D eigenvalue weighted by atomic mass is 10.2. The molecule has 0 saturated heterocycles. The van der Waals surface area contributed by atoms with Gasteiger partial charge in [0.1, 0.15) is 5.82 Å². The van der Waals surface area contributed by atoms with Crippen molar-refractivity contribution in [2.45, 2.75) is 18.7 Å². The summed E-state index contributed by atoms with van der Waals surface area (Å²) < 4.78 is 38.5. The summed E-state index contributed by atoms with van der Waals surface area (Å²) in [5.41, 5.74) is 5.58. The highest BCUT2D eigenvalue weighted by atomic mass is 35.5. The van der Waals surface area contributed by atoms with E-state index in [0.717, 1.165) is 0 Å². The Hall–Kier alpha value is -0.690. The Labute approximate surface area is 113 Å². The Morgan fingerprint density at radius 1 is 1.39 bits per heavy atom. The molecular formula is C11H18ClFN2O2S. The topological polar surface area (TPSA) is 63.4 Å². The number of rotatable bonds is 5. The fourth-order valence-corrected chi connectivity index (χ4v) is 2.80. The van der Waals surface area contributed by atoms with Crippen LogP contribution in [-0.4, -0.2) is 32.4 Å². The van der Waals surface area contributed by atoms with Crippen LogP contribution in [-0.2, 0) is 15.8 Å². The predicted molar refractivity (Wildman–Crippen MR) is 72.6 cm³/mol. The molecule has 1 unspecified atom stereocenters. The van der Waals surface area contributed by atoms with Crippen LogP contribution in [0.5, 0.6) is 0 Å². The summed E-state index contributed by atoms with van der Waals surface area (Å²) in [5.74, 6) is -0.856. The van der Waals surface area contributed by atoms with E-state index >= 15 is 0 Å². The second kappa shape index (κ2) is 7.04. The summed E-state index contributed by atoms with van der Waals surface area (Å²) in [7, 11) is -2.08. The van der Waals surface area contributed by atoms with Crippen LogP contribution in [0.4, 0.5) is 4.39 Å². The van der Waals surface area contributed by atoms with Crippen LogP contribution in [0.3, 0.4) is 0 Å². The van der Waals surface area contributed by atoms with Gasteiger partial charge in [0.05, 0.1) is 5.75 Å². The van der Waals surface area contributed by atoms with E-state index in [1.165, 1.54) is 29.6 Å². The van der Waals surface area contributed by atoms with Gasteiger partial charge in [-0.1, -0.05) is 18.2 Å². The lowest BCUT2D eigenvalue weighted by molar-refractivity contribution is 0.393. The van der Waals surface area contributed by atoms with Crippen molar-refractivity contribution in [3.8, 4) is 0 Å². The quantitative estimate of drug-likeness (QED) is 0.892. The molecule has 1 aromatic rings. The predicted octanol–water partition coefficient (Wildman–Crippen LogP) is 1.36. The Bertz CT molecular complexity index is 482. The number of nitrogens with zero attached hydrogens (tertiary/aromatic N) is 1. The monoisotopic (exact) mass is 296 g/mol. The molecule has 0 aliphatic carbocycles. The maximum Gasteiger partial charge on any atom is 0.218 e. The molecule has 7 heteroatoms. The first kappa shape index (κ1) is 17.3. The second-order valence-electron chi connectivity index (χ2n) is 3.95. The van der Waals surface area contributed by atoms with Gasteiger partial charge < -0.3 is 5.73 Å². The van der Waals surface area contributed by atoms with E-state index in [4.69, 9.17) is 5.73 Å². The Kier molecular flexibility index (Phi) is 6.77. The molecule has 0 aliphatic heterocycles. The first-order valence-corrected chi connectivity index (χ1v) is 6.88. The number of hydrogen-bond donors (Lipinski definition) is 1. The molecule has 0 saturated carbocycles. The van der Waals surface area contributed by atoms with Crippen molar-refractivity contribution in [2.24, 2.45) is 5.73 Å². The van der Waals surface area contributed by atoms with E-state index in [1.807, 2.05) is 0 Å². The Balaban J connectivity index is 0.00000289. The molecule has 104 valence electrons. The first-order chi connectivity index (χ1) is 7.88. The summed E-state index contributed by atoms with van der Waals surface area (Å²) in [6.07, 6.45) is 0. The van der Waals surface area contributed by atoms with E-state index in [1.54, 1.807) is 13.0 Å². The smallest absolute Gasteiger partial charge is 0.218 e. The highest BCUT2D eigenvalue weighted by Crippen LogP contribution is 2.14. The molecule has 0 heterocycles. The van der Waals surface area contributed by atoms with Gasteiger partial charge in [0.25, 0.3) is 0 Å². The van der Waals surface area contributed by atoms with Gasteiger partial charge in [-0.05, 0) is 13.0 Å². The molecule has 2 N–H and O–H groups in total. The molecule has 0 spiro atoms. The number of sulfonamides is 1. The summed E-state index contributed by atoms with van der Waals surface area (Å²) in [6, 6.07) is 5.55. The molecule has 1 atom stereocenters. The van der Waals surface area contributed by atoms with Gasteiger partial charge in [-0.15, -0.1) is 12.4 Å². The normalized spacial score (nSPS) is 13.2. The van der Waals surface area contributed by atoms with Gasteiger partial charge in [0, 0.05) is 25.2 Å². The second-order valence-corrected chi connectivity index (χ2v) is 5.98. The third kappa shape index (κ3) is 4.20. The van der Waals surface area contributed by atoms with Crippen molar-refractivity contribution in [1.29, 1.82) is 0 Å². The SMILES string of the molecule is CC(CN)N(C)S(=O)(=O)Cc1ccccc1F.Cl.